The number of hydrogen-bond donors (Lipinski definition) is 2. The van der Waals surface area contributed by atoms with E-state index in [9.17, 15) is 13.2 Å². The van der Waals surface area contributed by atoms with E-state index in [4.69, 9.17) is 0 Å². The highest BCUT2D eigenvalue weighted by Crippen LogP contribution is 2.41. The number of benzene rings is 1. The Balaban J connectivity index is 1.70. The molecule has 2 aliphatic heterocycles. The van der Waals surface area contributed by atoms with E-state index in [0.29, 0.717) is 29.7 Å². The van der Waals surface area contributed by atoms with Gasteiger partial charge in [0.1, 0.15) is 5.54 Å². The van der Waals surface area contributed by atoms with Gasteiger partial charge >= 0.3 is 0 Å². The van der Waals surface area contributed by atoms with Crippen molar-refractivity contribution in [2.24, 2.45) is 0 Å². The zero-order chi connectivity index (χ0) is 19.5. The van der Waals surface area contributed by atoms with Crippen LogP contribution >= 0.6 is 0 Å². The quantitative estimate of drug-likeness (QED) is 0.679. The van der Waals surface area contributed by atoms with Gasteiger partial charge in [0.25, 0.3) is 15.9 Å². The minimum Gasteiger partial charge on any atom is -0.368 e. The fourth-order valence-corrected chi connectivity index (χ4v) is 5.36. The molecule has 2 aromatic heterocycles. The average Bonchev–Trinajstić information content (AvgIpc) is 3.35. The second-order valence-electron chi connectivity index (χ2n) is 7.18. The Hall–Kier alpha value is -2.91. The number of hydrogen-bond acceptors (Lipinski definition) is 6. The summed E-state index contributed by atoms with van der Waals surface area (Å²) in [7, 11) is -2.04. The molecule has 144 valence electrons. The molecule has 5 rings (SSSR count). The number of carbonyl (C=O) groups excluding carboxylic acids is 1. The lowest BCUT2D eigenvalue weighted by atomic mass is 9.92. The molecule has 1 atom stereocenters. The van der Waals surface area contributed by atoms with Crippen LogP contribution in [0.15, 0.2) is 53.7 Å². The third-order valence-corrected chi connectivity index (χ3v) is 7.24. The molecule has 3 aromatic rings. The van der Waals surface area contributed by atoms with Crippen molar-refractivity contribution in [1.29, 1.82) is 0 Å². The number of rotatable bonds is 2. The molecule has 0 bridgehead atoms. The normalized spacial score (nSPS) is 21.9. The Kier molecular flexibility index (Phi) is 3.56. The third kappa shape index (κ3) is 2.23. The van der Waals surface area contributed by atoms with E-state index in [1.54, 1.807) is 54.5 Å². The molecule has 2 aliphatic rings. The Labute approximate surface area is 162 Å². The molecule has 4 heterocycles. The number of fused-ring (bicyclic) bond motifs is 3. The first-order valence-corrected chi connectivity index (χ1v) is 10.5. The molecule has 8 nitrogen and oxygen atoms in total. The molecule has 1 amide bonds. The maximum absolute atomic E-state index is 13.1. The topological polar surface area (TPSA) is 96.3 Å². The van der Waals surface area contributed by atoms with Crippen molar-refractivity contribution in [2.75, 3.05) is 30.4 Å². The molecule has 0 saturated carbocycles. The van der Waals surface area contributed by atoms with Crippen LogP contribution < -0.4 is 15.5 Å². The summed E-state index contributed by atoms with van der Waals surface area (Å²) >= 11 is 0. The van der Waals surface area contributed by atoms with Gasteiger partial charge < -0.3 is 15.5 Å². The SMILES string of the molecule is CN1C(=O)C2(CCNC2)Nc2c1cnc1c2ccn1S(=O)(=O)c1ccccc1. The summed E-state index contributed by atoms with van der Waals surface area (Å²) in [4.78, 5) is 19.1. The second-order valence-corrected chi connectivity index (χ2v) is 9.00. The van der Waals surface area contributed by atoms with Gasteiger partial charge in [0.05, 0.1) is 22.5 Å². The lowest BCUT2D eigenvalue weighted by Gasteiger charge is -2.39. The molecule has 28 heavy (non-hydrogen) atoms. The van der Waals surface area contributed by atoms with Crippen molar-refractivity contribution < 1.29 is 13.2 Å². The van der Waals surface area contributed by atoms with Gasteiger partial charge in [0, 0.05) is 25.2 Å². The van der Waals surface area contributed by atoms with Crippen LogP contribution in [0.2, 0.25) is 0 Å². The van der Waals surface area contributed by atoms with Crippen LogP contribution in [0.4, 0.5) is 11.4 Å². The molecule has 1 aromatic carbocycles. The van der Waals surface area contributed by atoms with Crippen LogP contribution in [-0.4, -0.2) is 49.0 Å². The first kappa shape index (κ1) is 17.2. The third-order valence-electron chi connectivity index (χ3n) is 5.56. The fourth-order valence-electron chi connectivity index (χ4n) is 4.04. The highest BCUT2D eigenvalue weighted by Gasteiger charge is 2.47. The van der Waals surface area contributed by atoms with Crippen LogP contribution in [0.3, 0.4) is 0 Å². The smallest absolute Gasteiger partial charge is 0.269 e. The van der Waals surface area contributed by atoms with E-state index < -0.39 is 15.6 Å². The molecule has 0 aliphatic carbocycles. The maximum atomic E-state index is 13.1. The van der Waals surface area contributed by atoms with E-state index >= 15 is 0 Å². The predicted molar refractivity (Wildman–Crippen MR) is 106 cm³/mol. The fraction of sp³-hybridized carbons (Fsp3) is 0.263. The van der Waals surface area contributed by atoms with Crippen LogP contribution in [-0.2, 0) is 14.8 Å². The zero-order valence-electron chi connectivity index (χ0n) is 15.2. The van der Waals surface area contributed by atoms with Gasteiger partial charge in [-0.2, -0.15) is 0 Å². The Morgan fingerprint density at radius 3 is 2.68 bits per heavy atom. The Morgan fingerprint density at radius 2 is 1.96 bits per heavy atom. The predicted octanol–water partition coefficient (Wildman–Crippen LogP) is 1.39. The van der Waals surface area contributed by atoms with Gasteiger partial charge in [-0.05, 0) is 31.2 Å². The molecule has 1 spiro atoms. The number of carbonyl (C=O) groups is 1. The molecule has 1 saturated heterocycles. The van der Waals surface area contributed by atoms with Crippen molar-refractivity contribution in [2.45, 2.75) is 16.9 Å². The molecule has 1 unspecified atom stereocenters. The summed E-state index contributed by atoms with van der Waals surface area (Å²) in [5, 5.41) is 7.30. The minimum atomic E-state index is -3.77. The van der Waals surface area contributed by atoms with Crippen molar-refractivity contribution in [3.63, 3.8) is 0 Å². The highest BCUT2D eigenvalue weighted by atomic mass is 32.2. The van der Waals surface area contributed by atoms with Crippen molar-refractivity contribution in [1.82, 2.24) is 14.3 Å². The van der Waals surface area contributed by atoms with Crippen molar-refractivity contribution >= 4 is 38.3 Å². The van der Waals surface area contributed by atoms with Gasteiger partial charge in [0.2, 0.25) is 0 Å². The van der Waals surface area contributed by atoms with E-state index in [-0.39, 0.29) is 10.8 Å². The van der Waals surface area contributed by atoms with E-state index in [0.717, 1.165) is 12.2 Å². The maximum Gasteiger partial charge on any atom is 0.269 e. The number of amides is 1. The summed E-state index contributed by atoms with van der Waals surface area (Å²) in [5.41, 5.74) is 0.998. The molecule has 0 radical (unpaired) electrons. The van der Waals surface area contributed by atoms with Gasteiger partial charge in [-0.3, -0.25) is 4.79 Å². The standard InChI is InChI=1S/C19H19N5O3S/c1-23-15-11-21-17-14(16(15)22-19(18(23)25)8-9-20-12-19)7-10-24(17)28(26,27)13-5-3-2-4-6-13/h2-7,10-11,20,22H,8-9,12H2,1H3. The number of nitrogens with one attached hydrogen (secondary N) is 2. The average molecular weight is 397 g/mol. The first-order chi connectivity index (χ1) is 13.4. The summed E-state index contributed by atoms with van der Waals surface area (Å²) in [6, 6.07) is 9.99. The number of anilines is 2. The van der Waals surface area contributed by atoms with E-state index in [1.165, 1.54) is 10.2 Å². The summed E-state index contributed by atoms with van der Waals surface area (Å²) < 4.78 is 27.3. The van der Waals surface area contributed by atoms with E-state index in [1.807, 2.05) is 0 Å². The van der Waals surface area contributed by atoms with Gasteiger partial charge in [-0.1, -0.05) is 18.2 Å². The van der Waals surface area contributed by atoms with Gasteiger partial charge in [0.15, 0.2) is 5.65 Å². The Bertz CT molecular complexity index is 1200. The number of nitrogens with zero attached hydrogens (tertiary/aromatic N) is 3. The van der Waals surface area contributed by atoms with E-state index in [2.05, 4.69) is 15.6 Å². The van der Waals surface area contributed by atoms with Gasteiger partial charge in [-0.15, -0.1) is 0 Å². The monoisotopic (exact) mass is 397 g/mol. The molecular weight excluding hydrogens is 378 g/mol. The Morgan fingerprint density at radius 1 is 1.18 bits per heavy atom. The molecular formula is C19H19N5O3S. The van der Waals surface area contributed by atoms with Crippen LogP contribution in [0.1, 0.15) is 6.42 Å². The van der Waals surface area contributed by atoms with Crippen molar-refractivity contribution in [3.8, 4) is 0 Å². The van der Waals surface area contributed by atoms with Crippen LogP contribution in [0, 0.1) is 0 Å². The van der Waals surface area contributed by atoms with Gasteiger partial charge in [-0.25, -0.2) is 17.4 Å². The highest BCUT2D eigenvalue weighted by molar-refractivity contribution is 7.90. The number of aromatic nitrogens is 2. The first-order valence-electron chi connectivity index (χ1n) is 9.02. The summed E-state index contributed by atoms with van der Waals surface area (Å²) in [6.07, 6.45) is 3.73. The molecule has 1 fully saturated rings. The second kappa shape index (κ2) is 5.79. The number of pyridine rings is 1. The minimum absolute atomic E-state index is 0.0116. The lowest BCUT2D eigenvalue weighted by molar-refractivity contribution is -0.122. The van der Waals surface area contributed by atoms with Crippen LogP contribution in [0.25, 0.3) is 11.0 Å². The van der Waals surface area contributed by atoms with Crippen molar-refractivity contribution in [3.05, 3.63) is 48.8 Å². The summed E-state index contributed by atoms with van der Waals surface area (Å²) in [6.45, 7) is 1.28. The summed E-state index contributed by atoms with van der Waals surface area (Å²) in [5.74, 6) is -0.0116. The molecule has 2 N–H and O–H groups in total. The molecule has 9 heteroatoms. The van der Waals surface area contributed by atoms with Crippen LogP contribution in [0.5, 0.6) is 0 Å². The lowest BCUT2D eigenvalue weighted by Crippen LogP contribution is -2.57. The largest absolute Gasteiger partial charge is 0.368 e. The number of likely N-dealkylation sites (N-methyl/N-ethyl adjacent to an activating group) is 1. The zero-order valence-corrected chi connectivity index (χ0v) is 16.0.